The zero-order valence-corrected chi connectivity index (χ0v) is 16.0. The summed E-state index contributed by atoms with van der Waals surface area (Å²) in [7, 11) is 0. The van der Waals surface area contributed by atoms with Crippen LogP contribution in [-0.4, -0.2) is 6.08 Å². The van der Waals surface area contributed by atoms with E-state index in [1.54, 1.807) is 0 Å². The molecular formula is C27H21NO. The molecule has 0 N–H and O–H groups in total. The maximum absolute atomic E-state index is 11.8. The van der Waals surface area contributed by atoms with E-state index in [-0.39, 0.29) is 5.92 Å². The lowest BCUT2D eigenvalue weighted by Gasteiger charge is -2.38. The fourth-order valence-corrected chi connectivity index (χ4v) is 4.12. The first-order valence-electron chi connectivity index (χ1n) is 9.66. The van der Waals surface area contributed by atoms with Crippen LogP contribution >= 0.6 is 0 Å². The molecule has 0 aliphatic carbocycles. The lowest BCUT2D eigenvalue weighted by molar-refractivity contribution is 0.465. The third kappa shape index (κ3) is 3.54. The van der Waals surface area contributed by atoms with Crippen LogP contribution in [0.25, 0.3) is 0 Å². The number of isocyanates is 1. The molecule has 140 valence electrons. The minimum atomic E-state index is -0.938. The third-order valence-electron chi connectivity index (χ3n) is 5.33. The summed E-state index contributed by atoms with van der Waals surface area (Å²) in [6.45, 7) is 0. The molecule has 0 saturated carbocycles. The van der Waals surface area contributed by atoms with Gasteiger partial charge in [-0.2, -0.15) is 4.99 Å². The molecule has 0 fully saturated rings. The van der Waals surface area contributed by atoms with Gasteiger partial charge in [0, 0.05) is 5.92 Å². The quantitative estimate of drug-likeness (QED) is 0.296. The van der Waals surface area contributed by atoms with Crippen molar-refractivity contribution >= 4 is 6.08 Å². The van der Waals surface area contributed by atoms with E-state index in [0.29, 0.717) is 0 Å². The molecule has 0 spiro atoms. The number of benzene rings is 4. The van der Waals surface area contributed by atoms with Crippen molar-refractivity contribution in [2.24, 2.45) is 4.99 Å². The number of carbonyl (C=O) groups excluding carboxylic acids is 1. The molecule has 4 aromatic rings. The summed E-state index contributed by atoms with van der Waals surface area (Å²) < 4.78 is 0. The van der Waals surface area contributed by atoms with Gasteiger partial charge in [0.15, 0.2) is 0 Å². The van der Waals surface area contributed by atoms with Crippen molar-refractivity contribution in [1.29, 1.82) is 0 Å². The Balaban J connectivity index is 2.11. The van der Waals surface area contributed by atoms with Crippen LogP contribution in [0, 0.1) is 0 Å². The van der Waals surface area contributed by atoms with Crippen LogP contribution in [0.3, 0.4) is 0 Å². The first kappa shape index (κ1) is 18.6. The van der Waals surface area contributed by atoms with Crippen LogP contribution in [0.1, 0.15) is 28.2 Å². The Morgan fingerprint density at radius 2 is 0.897 bits per heavy atom. The summed E-state index contributed by atoms with van der Waals surface area (Å²) >= 11 is 0. The second-order valence-corrected chi connectivity index (χ2v) is 6.96. The summed E-state index contributed by atoms with van der Waals surface area (Å²) in [5.74, 6) is -0.198. The van der Waals surface area contributed by atoms with Crippen LogP contribution < -0.4 is 0 Å². The molecule has 0 bridgehead atoms. The molecule has 0 aromatic heterocycles. The van der Waals surface area contributed by atoms with Gasteiger partial charge in [-0.3, -0.25) is 0 Å². The monoisotopic (exact) mass is 375 g/mol. The van der Waals surface area contributed by atoms with Crippen molar-refractivity contribution < 1.29 is 4.79 Å². The molecule has 4 rings (SSSR count). The molecule has 0 aliphatic heterocycles. The molecule has 4 aromatic carbocycles. The van der Waals surface area contributed by atoms with Gasteiger partial charge in [-0.1, -0.05) is 121 Å². The Labute approximate surface area is 171 Å². The predicted molar refractivity (Wildman–Crippen MR) is 117 cm³/mol. The van der Waals surface area contributed by atoms with Crippen molar-refractivity contribution in [3.05, 3.63) is 144 Å². The highest BCUT2D eigenvalue weighted by Gasteiger charge is 2.44. The first-order valence-corrected chi connectivity index (χ1v) is 9.66. The van der Waals surface area contributed by atoms with Crippen molar-refractivity contribution in [3.8, 4) is 0 Å². The average Bonchev–Trinajstić information content (AvgIpc) is 2.81. The lowest BCUT2D eigenvalue weighted by atomic mass is 9.68. The molecule has 0 aliphatic rings. The van der Waals surface area contributed by atoms with E-state index in [2.05, 4.69) is 29.3 Å². The Kier molecular flexibility index (Phi) is 5.47. The zero-order valence-electron chi connectivity index (χ0n) is 16.0. The SMILES string of the molecule is O=C=NC(c1ccccc1)(c1ccccc1)C(c1ccccc1)c1ccccc1. The van der Waals surface area contributed by atoms with Crippen molar-refractivity contribution in [1.82, 2.24) is 0 Å². The molecule has 2 heteroatoms. The van der Waals surface area contributed by atoms with Gasteiger partial charge in [0.25, 0.3) is 0 Å². The fourth-order valence-electron chi connectivity index (χ4n) is 4.12. The fraction of sp³-hybridized carbons (Fsp3) is 0.0741. The van der Waals surface area contributed by atoms with Gasteiger partial charge in [-0.25, -0.2) is 4.79 Å². The summed E-state index contributed by atoms with van der Waals surface area (Å²) in [5, 5.41) is 0. The van der Waals surface area contributed by atoms with Crippen LogP contribution in [0.5, 0.6) is 0 Å². The topological polar surface area (TPSA) is 29.4 Å². The van der Waals surface area contributed by atoms with E-state index in [0.717, 1.165) is 22.3 Å². The van der Waals surface area contributed by atoms with Crippen molar-refractivity contribution in [2.75, 3.05) is 0 Å². The van der Waals surface area contributed by atoms with Crippen LogP contribution in [-0.2, 0) is 10.3 Å². The predicted octanol–water partition coefficient (Wildman–Crippen LogP) is 6.10. The minimum Gasteiger partial charge on any atom is -0.211 e. The Morgan fingerprint density at radius 1 is 0.552 bits per heavy atom. The van der Waals surface area contributed by atoms with Gasteiger partial charge in [-0.05, 0) is 22.3 Å². The van der Waals surface area contributed by atoms with E-state index >= 15 is 0 Å². The van der Waals surface area contributed by atoms with E-state index < -0.39 is 5.54 Å². The molecule has 0 atom stereocenters. The Bertz CT molecular complexity index is 1010. The molecule has 2 nitrogen and oxygen atoms in total. The number of hydrogen-bond acceptors (Lipinski definition) is 2. The molecule has 0 radical (unpaired) electrons. The van der Waals surface area contributed by atoms with Gasteiger partial charge in [-0.15, -0.1) is 0 Å². The summed E-state index contributed by atoms with van der Waals surface area (Å²) in [6, 6.07) is 40.5. The highest BCUT2D eigenvalue weighted by atomic mass is 16.1. The Hall–Kier alpha value is -3.74. The highest BCUT2D eigenvalue weighted by Crippen LogP contribution is 2.49. The molecule has 0 amide bonds. The standard InChI is InChI=1S/C27H21NO/c29-21-28-27(24-17-9-3-10-18-24,25-19-11-4-12-20-25)26(22-13-5-1-6-14-22)23-15-7-2-8-16-23/h1-20,26H. The minimum absolute atomic E-state index is 0.198. The Morgan fingerprint density at radius 3 is 1.24 bits per heavy atom. The summed E-state index contributed by atoms with van der Waals surface area (Å²) in [6.07, 6.45) is 1.90. The van der Waals surface area contributed by atoms with Crippen LogP contribution in [0.2, 0.25) is 0 Å². The average molecular weight is 375 g/mol. The van der Waals surface area contributed by atoms with Crippen LogP contribution in [0.4, 0.5) is 0 Å². The smallest absolute Gasteiger partial charge is 0.211 e. The van der Waals surface area contributed by atoms with E-state index in [9.17, 15) is 4.79 Å². The van der Waals surface area contributed by atoms with Crippen molar-refractivity contribution in [3.63, 3.8) is 0 Å². The maximum atomic E-state index is 11.8. The highest BCUT2D eigenvalue weighted by molar-refractivity contribution is 5.53. The van der Waals surface area contributed by atoms with Gasteiger partial charge in [0.2, 0.25) is 6.08 Å². The number of rotatable bonds is 6. The van der Waals surface area contributed by atoms with E-state index in [1.165, 1.54) is 0 Å². The zero-order chi connectivity index (χ0) is 19.9. The van der Waals surface area contributed by atoms with Crippen molar-refractivity contribution in [2.45, 2.75) is 11.5 Å². The van der Waals surface area contributed by atoms with E-state index in [1.807, 2.05) is 103 Å². The summed E-state index contributed by atoms with van der Waals surface area (Å²) in [5.41, 5.74) is 3.14. The largest absolute Gasteiger partial charge is 0.236 e. The molecule has 0 unspecified atom stereocenters. The molecule has 0 heterocycles. The molecular weight excluding hydrogens is 354 g/mol. The van der Waals surface area contributed by atoms with Gasteiger partial charge in [0.05, 0.1) is 0 Å². The van der Waals surface area contributed by atoms with Gasteiger partial charge >= 0.3 is 0 Å². The second-order valence-electron chi connectivity index (χ2n) is 6.96. The normalized spacial score (nSPS) is 11.1. The summed E-state index contributed by atoms with van der Waals surface area (Å²) in [4.78, 5) is 16.4. The van der Waals surface area contributed by atoms with E-state index in [4.69, 9.17) is 0 Å². The first-order chi connectivity index (χ1) is 14.4. The molecule has 0 saturated heterocycles. The number of hydrogen-bond donors (Lipinski definition) is 0. The maximum Gasteiger partial charge on any atom is 0.236 e. The van der Waals surface area contributed by atoms with Gasteiger partial charge in [0.1, 0.15) is 5.54 Å². The lowest BCUT2D eigenvalue weighted by Crippen LogP contribution is -2.34. The second kappa shape index (κ2) is 8.52. The van der Waals surface area contributed by atoms with Crippen LogP contribution in [0.15, 0.2) is 126 Å². The third-order valence-corrected chi connectivity index (χ3v) is 5.33. The molecule has 29 heavy (non-hydrogen) atoms. The number of aliphatic imine (C=N–C) groups is 1. The van der Waals surface area contributed by atoms with Gasteiger partial charge < -0.3 is 0 Å². The number of nitrogens with zero attached hydrogens (tertiary/aromatic N) is 1.